The van der Waals surface area contributed by atoms with Gasteiger partial charge in [-0.3, -0.25) is 0 Å². The second kappa shape index (κ2) is 14.9. The number of aromatic nitrogens is 8. The molecule has 9 N–H and O–H groups in total. The summed E-state index contributed by atoms with van der Waals surface area (Å²) in [4.78, 5) is 34.5. The second-order valence-electron chi connectivity index (χ2n) is 12.3. The maximum Gasteiger partial charge on any atom is 0.192 e. The molecular formula is C31H36N12O3S4. The Morgan fingerprint density at radius 2 is 1.30 bits per heavy atom. The molecule has 19 heteroatoms. The molecule has 262 valence electrons. The Morgan fingerprint density at radius 3 is 1.82 bits per heavy atom. The number of fused-ring (bicyclic) bond motifs is 3. The number of aliphatic hydroxyl groups is 2. The number of thiazole rings is 2. The number of nitrogen functional groups attached to an aromatic ring is 2. The highest BCUT2D eigenvalue weighted by molar-refractivity contribution is 7.98. The summed E-state index contributed by atoms with van der Waals surface area (Å²) in [5.41, 5.74) is 13.7. The van der Waals surface area contributed by atoms with Crippen molar-refractivity contribution in [3.63, 3.8) is 0 Å². The van der Waals surface area contributed by atoms with Crippen molar-refractivity contribution in [1.29, 1.82) is 0 Å². The van der Waals surface area contributed by atoms with Gasteiger partial charge in [0.25, 0.3) is 0 Å². The van der Waals surface area contributed by atoms with E-state index in [2.05, 4.69) is 50.5 Å². The number of aliphatic hydroxyl groups excluding tert-OH is 2. The normalized spacial score (nSPS) is 12.0. The SMILES string of the molecule is CC(C)(CO)Nc1nc(SCc2ccco2)nc2nc(N)sc12.CC(C)(CO)Nc1nc(SCc2nc3ccccc3[nH]2)nc2nc(N)sc12. The van der Waals surface area contributed by atoms with Crippen LogP contribution < -0.4 is 22.1 Å². The molecule has 0 unspecified atom stereocenters. The number of nitrogens with two attached hydrogens (primary N) is 2. The molecule has 0 saturated heterocycles. The highest BCUT2D eigenvalue weighted by Gasteiger charge is 2.22. The molecule has 0 atom stereocenters. The van der Waals surface area contributed by atoms with E-state index in [0.29, 0.717) is 55.0 Å². The first kappa shape index (κ1) is 35.6. The van der Waals surface area contributed by atoms with E-state index in [4.69, 9.17) is 15.9 Å². The van der Waals surface area contributed by atoms with Gasteiger partial charge in [0, 0.05) is 0 Å². The number of hydrogen-bond donors (Lipinski definition) is 7. The fraction of sp³-hybridized carbons (Fsp3) is 0.323. The van der Waals surface area contributed by atoms with Crippen LogP contribution in [0.3, 0.4) is 0 Å². The summed E-state index contributed by atoms with van der Waals surface area (Å²) in [6.45, 7) is 7.51. The Hall–Kier alpha value is -4.27. The van der Waals surface area contributed by atoms with Crippen LogP contribution in [-0.2, 0) is 11.5 Å². The predicted molar refractivity (Wildman–Crippen MR) is 203 cm³/mol. The number of imidazole rings is 1. The van der Waals surface area contributed by atoms with Crippen LogP contribution >= 0.6 is 46.2 Å². The molecule has 50 heavy (non-hydrogen) atoms. The van der Waals surface area contributed by atoms with Gasteiger partial charge in [0.1, 0.15) is 21.0 Å². The summed E-state index contributed by atoms with van der Waals surface area (Å²) in [5, 5.41) is 27.6. The van der Waals surface area contributed by atoms with Crippen LogP contribution in [0.15, 0.2) is 57.4 Å². The zero-order valence-corrected chi connectivity index (χ0v) is 30.9. The predicted octanol–water partition coefficient (Wildman–Crippen LogP) is 5.76. The van der Waals surface area contributed by atoms with Gasteiger partial charge in [-0.05, 0) is 52.0 Å². The number of furan rings is 1. The number of hydrogen-bond acceptors (Lipinski definition) is 18. The molecule has 0 aliphatic rings. The summed E-state index contributed by atoms with van der Waals surface area (Å²) in [6, 6.07) is 11.7. The molecule has 0 fully saturated rings. The van der Waals surface area contributed by atoms with E-state index in [-0.39, 0.29) is 13.2 Å². The van der Waals surface area contributed by atoms with Crippen molar-refractivity contribution in [3.8, 4) is 0 Å². The molecule has 7 rings (SSSR count). The molecule has 15 nitrogen and oxygen atoms in total. The second-order valence-corrected chi connectivity index (χ2v) is 16.3. The Labute approximate surface area is 303 Å². The highest BCUT2D eigenvalue weighted by Crippen LogP contribution is 2.34. The number of benzene rings is 1. The number of thioether (sulfide) groups is 2. The van der Waals surface area contributed by atoms with Crippen LogP contribution in [-0.4, -0.2) is 74.4 Å². The molecule has 0 amide bonds. The van der Waals surface area contributed by atoms with Crippen LogP contribution in [0.4, 0.5) is 21.9 Å². The van der Waals surface area contributed by atoms with Crippen molar-refractivity contribution in [2.45, 2.75) is 60.6 Å². The van der Waals surface area contributed by atoms with Crippen molar-refractivity contribution >= 4 is 99.8 Å². The van der Waals surface area contributed by atoms with E-state index in [1.807, 2.05) is 64.1 Å². The lowest BCUT2D eigenvalue weighted by Gasteiger charge is -2.24. The average Bonchev–Trinajstić information content (AvgIpc) is 3.89. The first-order valence-electron chi connectivity index (χ1n) is 15.3. The number of nitrogens with one attached hydrogen (secondary N) is 3. The fourth-order valence-electron chi connectivity index (χ4n) is 4.40. The Kier molecular flexibility index (Phi) is 10.6. The molecule has 0 spiro atoms. The van der Waals surface area contributed by atoms with Crippen molar-refractivity contribution < 1.29 is 14.6 Å². The molecule has 7 aromatic rings. The minimum atomic E-state index is -0.527. The molecule has 0 aliphatic heterocycles. The van der Waals surface area contributed by atoms with E-state index in [0.717, 1.165) is 32.0 Å². The minimum absolute atomic E-state index is 0.0261. The van der Waals surface area contributed by atoms with E-state index in [1.165, 1.54) is 46.2 Å². The first-order chi connectivity index (χ1) is 23.9. The van der Waals surface area contributed by atoms with Gasteiger partial charge in [-0.2, -0.15) is 0 Å². The van der Waals surface area contributed by atoms with Crippen LogP contribution in [0.2, 0.25) is 0 Å². The van der Waals surface area contributed by atoms with Gasteiger partial charge in [0.2, 0.25) is 0 Å². The zero-order chi connectivity index (χ0) is 35.5. The van der Waals surface area contributed by atoms with Crippen molar-refractivity contribution in [2.75, 3.05) is 35.3 Å². The molecule has 0 saturated carbocycles. The van der Waals surface area contributed by atoms with Crippen LogP contribution in [0.5, 0.6) is 0 Å². The molecule has 1 aromatic carbocycles. The van der Waals surface area contributed by atoms with Crippen LogP contribution in [0, 0.1) is 0 Å². The molecule has 0 aliphatic carbocycles. The van der Waals surface area contributed by atoms with Gasteiger partial charge >= 0.3 is 0 Å². The number of rotatable bonds is 12. The van der Waals surface area contributed by atoms with E-state index in [1.54, 1.807) is 6.26 Å². The van der Waals surface area contributed by atoms with Crippen LogP contribution in [0.25, 0.3) is 31.7 Å². The number of aromatic amines is 1. The van der Waals surface area contributed by atoms with E-state index in [9.17, 15) is 10.2 Å². The largest absolute Gasteiger partial charge is 0.468 e. The molecular weight excluding hydrogens is 717 g/mol. The standard InChI is InChI=1S/C17H19N7OS2.C14H17N5O2S2/c1-17(2,8-25)24-14-12-13(21-15(18)27-12)22-16(23-14)26-7-11-19-9-5-3-4-6-10(9)20-11;1-14(2,7-20)19-11-9-10(16-12(15)23-9)17-13(18-11)22-6-8-4-3-5-21-8/h3-6,25H,7-8H2,1-2H3,(H,19,20)(H3,18,21,22,23,24);3-5,20H,6-7H2,1-2H3,(H3,15,16,17,18,19). The Morgan fingerprint density at radius 1 is 0.740 bits per heavy atom. The van der Waals surface area contributed by atoms with Gasteiger partial charge in [-0.25, -0.2) is 34.9 Å². The first-order valence-corrected chi connectivity index (χ1v) is 18.9. The topological polar surface area (TPSA) is 236 Å². The summed E-state index contributed by atoms with van der Waals surface area (Å²) >= 11 is 5.57. The third-order valence-electron chi connectivity index (χ3n) is 6.90. The summed E-state index contributed by atoms with van der Waals surface area (Å²) < 4.78 is 6.88. The molecule has 0 bridgehead atoms. The highest BCUT2D eigenvalue weighted by atomic mass is 32.2. The minimum Gasteiger partial charge on any atom is -0.468 e. The third kappa shape index (κ3) is 8.71. The monoisotopic (exact) mass is 752 g/mol. The van der Waals surface area contributed by atoms with Gasteiger partial charge < -0.3 is 41.7 Å². The average molecular weight is 753 g/mol. The maximum atomic E-state index is 9.56. The Balaban J connectivity index is 0.000000175. The van der Waals surface area contributed by atoms with Gasteiger partial charge in [0.05, 0.1) is 53.1 Å². The van der Waals surface area contributed by atoms with Crippen molar-refractivity contribution in [3.05, 3.63) is 54.2 Å². The summed E-state index contributed by atoms with van der Waals surface area (Å²) in [5.74, 6) is 4.18. The lowest BCUT2D eigenvalue weighted by Crippen LogP contribution is -2.35. The lowest BCUT2D eigenvalue weighted by atomic mass is 10.1. The number of nitrogens with zero attached hydrogens (tertiary/aromatic N) is 7. The van der Waals surface area contributed by atoms with Gasteiger partial charge in [0.15, 0.2) is 43.5 Å². The Bertz CT molecular complexity index is 2180. The fourth-order valence-corrected chi connectivity index (χ4v) is 7.28. The van der Waals surface area contributed by atoms with Crippen molar-refractivity contribution in [1.82, 2.24) is 39.9 Å². The third-order valence-corrected chi connectivity index (χ3v) is 10.4. The summed E-state index contributed by atoms with van der Waals surface area (Å²) in [6.07, 6.45) is 1.64. The maximum absolute atomic E-state index is 9.56. The van der Waals surface area contributed by atoms with E-state index < -0.39 is 11.1 Å². The number of para-hydroxylation sites is 2. The summed E-state index contributed by atoms with van der Waals surface area (Å²) in [7, 11) is 0. The smallest absolute Gasteiger partial charge is 0.192 e. The molecule has 6 heterocycles. The lowest BCUT2D eigenvalue weighted by molar-refractivity contribution is 0.234. The number of anilines is 4. The van der Waals surface area contributed by atoms with Gasteiger partial charge in [-0.1, -0.05) is 58.3 Å². The quantitative estimate of drug-likeness (QED) is 0.0580. The van der Waals surface area contributed by atoms with E-state index >= 15 is 0 Å². The van der Waals surface area contributed by atoms with Crippen LogP contribution in [0.1, 0.15) is 39.3 Å². The molecule has 0 radical (unpaired) electrons. The number of H-pyrrole nitrogens is 1. The molecule has 6 aromatic heterocycles. The van der Waals surface area contributed by atoms with Gasteiger partial charge in [-0.15, -0.1) is 0 Å². The zero-order valence-electron chi connectivity index (χ0n) is 27.6. The van der Waals surface area contributed by atoms with Crippen molar-refractivity contribution in [2.24, 2.45) is 0 Å².